The first kappa shape index (κ1) is 14.7. The summed E-state index contributed by atoms with van der Waals surface area (Å²) >= 11 is 1.61. The highest BCUT2D eigenvalue weighted by molar-refractivity contribution is 7.99. The number of rotatable bonds is 6. The number of hydrogen-bond donors (Lipinski definition) is 0. The van der Waals surface area contributed by atoms with Crippen LogP contribution in [-0.4, -0.2) is 27.1 Å². The summed E-state index contributed by atoms with van der Waals surface area (Å²) in [7, 11) is 1.93. The number of aryl methyl sites for hydroxylation is 1. The molecule has 0 amide bonds. The Hall–Kier alpha value is -2.21. The van der Waals surface area contributed by atoms with E-state index in [1.165, 1.54) is 5.56 Å². The van der Waals surface area contributed by atoms with Gasteiger partial charge in [-0.15, -0.1) is 10.2 Å². The van der Waals surface area contributed by atoms with Crippen molar-refractivity contribution in [3.8, 4) is 17.3 Å². The minimum absolute atomic E-state index is 0.622. The second kappa shape index (κ2) is 6.70. The van der Waals surface area contributed by atoms with Gasteiger partial charge in [-0.3, -0.25) is 0 Å². The third-order valence-corrected chi connectivity index (χ3v) is 4.17. The molecule has 0 atom stereocenters. The normalized spacial score (nSPS) is 10.8. The Balaban J connectivity index is 1.53. The molecule has 0 saturated carbocycles. The van der Waals surface area contributed by atoms with E-state index in [0.717, 1.165) is 28.2 Å². The smallest absolute Gasteiger partial charge is 0.200 e. The maximum absolute atomic E-state index is 5.70. The van der Waals surface area contributed by atoms with Gasteiger partial charge in [-0.1, -0.05) is 29.5 Å². The summed E-state index contributed by atoms with van der Waals surface area (Å²) in [6.07, 6.45) is 1.63. The molecule has 114 valence electrons. The number of aromatic nitrogens is 3. The molecule has 0 unspecified atom stereocenters. The predicted molar refractivity (Wildman–Crippen MR) is 86.1 cm³/mol. The molecule has 0 radical (unpaired) electrons. The first-order valence-corrected chi connectivity index (χ1v) is 7.98. The molecule has 0 spiro atoms. The highest BCUT2D eigenvalue weighted by Gasteiger charge is 2.12. The summed E-state index contributed by atoms with van der Waals surface area (Å²) in [5.41, 5.74) is 1.23. The van der Waals surface area contributed by atoms with E-state index in [-0.39, 0.29) is 0 Å². The van der Waals surface area contributed by atoms with Gasteiger partial charge in [0.15, 0.2) is 16.7 Å². The molecule has 1 aromatic carbocycles. The summed E-state index contributed by atoms with van der Waals surface area (Å²) in [4.78, 5) is 0. The van der Waals surface area contributed by atoms with Gasteiger partial charge in [0.25, 0.3) is 0 Å². The zero-order valence-corrected chi connectivity index (χ0v) is 13.3. The largest absolute Gasteiger partial charge is 0.493 e. The molecule has 0 aliphatic rings. The molecule has 0 saturated heterocycles. The highest BCUT2D eigenvalue weighted by Crippen LogP contribution is 2.22. The van der Waals surface area contributed by atoms with E-state index >= 15 is 0 Å². The second-order valence-electron chi connectivity index (χ2n) is 4.85. The van der Waals surface area contributed by atoms with Crippen LogP contribution in [0.2, 0.25) is 0 Å². The van der Waals surface area contributed by atoms with Gasteiger partial charge in [-0.2, -0.15) is 0 Å². The van der Waals surface area contributed by atoms with Gasteiger partial charge in [0.2, 0.25) is 0 Å². The topological polar surface area (TPSA) is 53.1 Å². The quantitative estimate of drug-likeness (QED) is 0.514. The maximum Gasteiger partial charge on any atom is 0.200 e. The molecule has 2 heterocycles. The zero-order valence-electron chi connectivity index (χ0n) is 12.5. The van der Waals surface area contributed by atoms with Crippen molar-refractivity contribution in [1.29, 1.82) is 0 Å². The third-order valence-electron chi connectivity index (χ3n) is 3.18. The summed E-state index contributed by atoms with van der Waals surface area (Å²) in [6.45, 7) is 2.68. The van der Waals surface area contributed by atoms with Crippen LogP contribution in [0.1, 0.15) is 5.56 Å². The molecule has 3 aromatic rings. The molecule has 0 aliphatic carbocycles. The van der Waals surface area contributed by atoms with E-state index < -0.39 is 0 Å². The number of nitrogens with zero attached hydrogens (tertiary/aromatic N) is 3. The fourth-order valence-electron chi connectivity index (χ4n) is 1.99. The van der Waals surface area contributed by atoms with Crippen LogP contribution in [0, 0.1) is 6.92 Å². The molecular weight excluding hydrogens is 298 g/mol. The van der Waals surface area contributed by atoms with Crippen molar-refractivity contribution in [3.05, 3.63) is 48.2 Å². The van der Waals surface area contributed by atoms with Crippen LogP contribution >= 0.6 is 11.8 Å². The lowest BCUT2D eigenvalue weighted by atomic mass is 10.2. The molecule has 0 N–H and O–H groups in total. The summed E-state index contributed by atoms with van der Waals surface area (Å²) in [5.74, 6) is 3.14. The van der Waals surface area contributed by atoms with E-state index in [0.29, 0.717) is 6.61 Å². The fraction of sp³-hybridized carbons (Fsp3) is 0.250. The molecule has 6 heteroatoms. The van der Waals surface area contributed by atoms with E-state index in [2.05, 4.69) is 17.1 Å². The second-order valence-corrected chi connectivity index (χ2v) is 5.91. The molecule has 5 nitrogen and oxygen atoms in total. The number of benzene rings is 1. The molecule has 22 heavy (non-hydrogen) atoms. The van der Waals surface area contributed by atoms with Gasteiger partial charge in [0, 0.05) is 12.8 Å². The lowest BCUT2D eigenvalue weighted by Crippen LogP contribution is -2.02. The molecule has 3 rings (SSSR count). The van der Waals surface area contributed by atoms with E-state index in [4.69, 9.17) is 9.15 Å². The number of ether oxygens (including phenoxy) is 1. The van der Waals surface area contributed by atoms with E-state index in [9.17, 15) is 0 Å². The standard InChI is InChI=1S/C16H17N3O2S/c1-12-5-7-13(8-6-12)20-10-11-22-16-18-17-15(19(16)2)14-4-3-9-21-14/h3-9H,10-11H2,1-2H3. The van der Waals surface area contributed by atoms with Crippen LogP contribution in [0.25, 0.3) is 11.6 Å². The van der Waals surface area contributed by atoms with Crippen molar-refractivity contribution in [1.82, 2.24) is 14.8 Å². The molecule has 0 aliphatic heterocycles. The predicted octanol–water partition coefficient (Wildman–Crippen LogP) is 3.55. The average molecular weight is 315 g/mol. The van der Waals surface area contributed by atoms with Crippen molar-refractivity contribution in [2.24, 2.45) is 7.05 Å². The van der Waals surface area contributed by atoms with Gasteiger partial charge >= 0.3 is 0 Å². The molecule has 2 aromatic heterocycles. The van der Waals surface area contributed by atoms with Crippen molar-refractivity contribution in [2.45, 2.75) is 12.1 Å². The monoisotopic (exact) mass is 315 g/mol. The van der Waals surface area contributed by atoms with Crippen LogP contribution in [0.4, 0.5) is 0 Å². The van der Waals surface area contributed by atoms with Crippen molar-refractivity contribution in [2.75, 3.05) is 12.4 Å². The Morgan fingerprint density at radius 1 is 1.18 bits per heavy atom. The Morgan fingerprint density at radius 2 is 2.00 bits per heavy atom. The first-order chi connectivity index (χ1) is 10.7. The molecule has 0 fully saturated rings. The van der Waals surface area contributed by atoms with Crippen LogP contribution in [0.15, 0.2) is 52.2 Å². The van der Waals surface area contributed by atoms with Crippen LogP contribution in [0.5, 0.6) is 5.75 Å². The molecule has 0 bridgehead atoms. The Morgan fingerprint density at radius 3 is 2.73 bits per heavy atom. The SMILES string of the molecule is Cc1ccc(OCCSc2nnc(-c3ccco3)n2C)cc1. The lowest BCUT2D eigenvalue weighted by molar-refractivity contribution is 0.344. The summed E-state index contributed by atoms with van der Waals surface area (Å²) in [6, 6.07) is 11.8. The summed E-state index contributed by atoms with van der Waals surface area (Å²) < 4.78 is 13.0. The first-order valence-electron chi connectivity index (χ1n) is 6.99. The number of thioether (sulfide) groups is 1. The Kier molecular flexibility index (Phi) is 4.48. The van der Waals surface area contributed by atoms with Gasteiger partial charge < -0.3 is 13.7 Å². The zero-order chi connectivity index (χ0) is 15.4. The van der Waals surface area contributed by atoms with Gasteiger partial charge in [-0.25, -0.2) is 0 Å². The van der Waals surface area contributed by atoms with Crippen molar-refractivity contribution < 1.29 is 9.15 Å². The number of furan rings is 1. The van der Waals surface area contributed by atoms with Crippen molar-refractivity contribution >= 4 is 11.8 Å². The van der Waals surface area contributed by atoms with Crippen LogP contribution in [0.3, 0.4) is 0 Å². The van der Waals surface area contributed by atoms with Crippen LogP contribution in [-0.2, 0) is 7.05 Å². The lowest BCUT2D eigenvalue weighted by Gasteiger charge is -2.06. The van der Waals surface area contributed by atoms with Gasteiger partial charge in [0.05, 0.1) is 12.9 Å². The highest BCUT2D eigenvalue weighted by atomic mass is 32.2. The van der Waals surface area contributed by atoms with Crippen LogP contribution < -0.4 is 4.74 Å². The minimum atomic E-state index is 0.622. The maximum atomic E-state index is 5.70. The molecular formula is C16H17N3O2S. The Labute approximate surface area is 133 Å². The van der Waals surface area contributed by atoms with Gasteiger partial charge in [0.1, 0.15) is 5.75 Å². The van der Waals surface area contributed by atoms with Crippen molar-refractivity contribution in [3.63, 3.8) is 0 Å². The minimum Gasteiger partial charge on any atom is -0.493 e. The third kappa shape index (κ3) is 3.33. The number of hydrogen-bond acceptors (Lipinski definition) is 5. The van der Waals surface area contributed by atoms with Gasteiger partial charge in [-0.05, 0) is 31.2 Å². The Bertz CT molecular complexity index is 720. The van der Waals surface area contributed by atoms with E-state index in [1.807, 2.05) is 48.0 Å². The fourth-order valence-corrected chi connectivity index (χ4v) is 2.72. The summed E-state index contributed by atoms with van der Waals surface area (Å²) in [5, 5.41) is 9.20. The van der Waals surface area contributed by atoms with E-state index in [1.54, 1.807) is 18.0 Å². The average Bonchev–Trinajstić information content (AvgIpc) is 3.16.